The molecule has 0 spiro atoms. The van der Waals surface area contributed by atoms with Gasteiger partial charge < -0.3 is 15.7 Å². The zero-order chi connectivity index (χ0) is 23.6. The molecule has 4 rings (SSSR count). The van der Waals surface area contributed by atoms with E-state index in [0.717, 1.165) is 31.1 Å². The number of hydrogen-bond acceptors (Lipinski definition) is 6. The number of nitrogens with zero attached hydrogens (tertiary/aromatic N) is 4. The van der Waals surface area contributed by atoms with Crippen LogP contribution in [0.15, 0.2) is 36.8 Å². The summed E-state index contributed by atoms with van der Waals surface area (Å²) in [6, 6.07) is 7.73. The number of amides is 1. The number of carbonyl (C=O) groups excluding carboxylic acids is 1. The van der Waals surface area contributed by atoms with E-state index in [4.69, 9.17) is 5.26 Å². The Balaban J connectivity index is 1.54. The van der Waals surface area contributed by atoms with Crippen LogP contribution in [0.5, 0.6) is 0 Å². The summed E-state index contributed by atoms with van der Waals surface area (Å²) in [6.45, 7) is 6.36. The van der Waals surface area contributed by atoms with Crippen molar-refractivity contribution in [1.29, 1.82) is 5.26 Å². The molecule has 33 heavy (non-hydrogen) atoms. The van der Waals surface area contributed by atoms with Gasteiger partial charge in [0.15, 0.2) is 0 Å². The van der Waals surface area contributed by atoms with Crippen molar-refractivity contribution in [3.05, 3.63) is 47.9 Å². The van der Waals surface area contributed by atoms with E-state index in [1.165, 1.54) is 0 Å². The number of aliphatic hydroxyl groups is 1. The van der Waals surface area contributed by atoms with Gasteiger partial charge in [0.05, 0.1) is 22.4 Å². The number of nitriles is 1. The average Bonchev–Trinajstić information content (AvgIpc) is 3.22. The maximum absolute atomic E-state index is 13.1. The van der Waals surface area contributed by atoms with E-state index in [2.05, 4.69) is 26.7 Å². The van der Waals surface area contributed by atoms with Crippen LogP contribution in [0.25, 0.3) is 16.9 Å². The molecule has 8 heteroatoms. The number of anilines is 1. The molecule has 3 aromatic heterocycles. The fourth-order valence-corrected chi connectivity index (χ4v) is 4.57. The molecule has 3 N–H and O–H groups in total. The second-order valence-corrected chi connectivity index (χ2v) is 9.23. The maximum atomic E-state index is 13.1. The molecule has 0 atom stereocenters. The normalized spacial score (nSPS) is 18.6. The summed E-state index contributed by atoms with van der Waals surface area (Å²) >= 11 is 0. The highest BCUT2D eigenvalue weighted by molar-refractivity contribution is 5.99. The predicted octanol–water partition coefficient (Wildman–Crippen LogP) is 3.78. The molecule has 172 valence electrons. The summed E-state index contributed by atoms with van der Waals surface area (Å²) in [7, 11) is 0. The monoisotopic (exact) mass is 446 g/mol. The van der Waals surface area contributed by atoms with Crippen LogP contribution >= 0.6 is 0 Å². The minimum atomic E-state index is -0.680. The Morgan fingerprint density at radius 1 is 1.24 bits per heavy atom. The zero-order valence-electron chi connectivity index (χ0n) is 19.3. The first-order valence-electron chi connectivity index (χ1n) is 11.4. The molecule has 8 nitrogen and oxygen atoms in total. The quantitative estimate of drug-likeness (QED) is 0.531. The molecule has 3 heterocycles. The Bertz CT molecular complexity index is 1200. The largest absolute Gasteiger partial charge is 0.390 e. The van der Waals surface area contributed by atoms with Crippen LogP contribution in [0.2, 0.25) is 0 Å². The highest BCUT2D eigenvalue weighted by Gasteiger charge is 2.32. The Hall–Kier alpha value is -3.44. The van der Waals surface area contributed by atoms with Gasteiger partial charge in [-0.05, 0) is 64.5 Å². The van der Waals surface area contributed by atoms with Gasteiger partial charge in [0.2, 0.25) is 0 Å². The Morgan fingerprint density at radius 3 is 2.67 bits per heavy atom. The first-order valence-corrected chi connectivity index (χ1v) is 11.4. The van der Waals surface area contributed by atoms with Gasteiger partial charge in [-0.15, -0.1) is 0 Å². The van der Waals surface area contributed by atoms with Crippen molar-refractivity contribution >= 4 is 22.6 Å². The van der Waals surface area contributed by atoms with E-state index >= 15 is 0 Å². The molecule has 0 aromatic carbocycles. The van der Waals surface area contributed by atoms with Crippen LogP contribution in [-0.4, -0.2) is 43.7 Å². The van der Waals surface area contributed by atoms with E-state index in [1.807, 2.05) is 43.7 Å². The molecule has 1 fully saturated rings. The lowest BCUT2D eigenvalue weighted by Crippen LogP contribution is -2.42. The summed E-state index contributed by atoms with van der Waals surface area (Å²) < 4.78 is 1.84. The van der Waals surface area contributed by atoms with Gasteiger partial charge in [-0.25, -0.2) is 9.97 Å². The Labute approximate surface area is 193 Å². The lowest BCUT2D eigenvalue weighted by molar-refractivity contribution is -0.00257. The first-order chi connectivity index (χ1) is 15.8. The minimum Gasteiger partial charge on any atom is -0.390 e. The third-order valence-electron chi connectivity index (χ3n) is 6.47. The van der Waals surface area contributed by atoms with Crippen molar-refractivity contribution < 1.29 is 9.90 Å². The molecule has 1 aliphatic carbocycles. The highest BCUT2D eigenvalue weighted by atomic mass is 16.3. The SMILES string of the molecule is CCNc1cc(-n2ccc3cc(C#N)cnc32)ncc1C(=O)NC1CCC(C(C)(C)O)CC1. The molecule has 1 amide bonds. The molecule has 0 bridgehead atoms. The summed E-state index contributed by atoms with van der Waals surface area (Å²) in [5.74, 6) is 0.754. The van der Waals surface area contributed by atoms with Crippen molar-refractivity contribution in [3.63, 3.8) is 0 Å². The number of nitrogens with one attached hydrogen (secondary N) is 2. The van der Waals surface area contributed by atoms with Gasteiger partial charge in [-0.1, -0.05) is 0 Å². The fourth-order valence-electron chi connectivity index (χ4n) is 4.57. The van der Waals surface area contributed by atoms with E-state index in [9.17, 15) is 9.90 Å². The topological polar surface area (TPSA) is 116 Å². The van der Waals surface area contributed by atoms with Gasteiger partial charge in [0.25, 0.3) is 5.91 Å². The predicted molar refractivity (Wildman–Crippen MR) is 127 cm³/mol. The van der Waals surface area contributed by atoms with Crippen LogP contribution in [0, 0.1) is 17.2 Å². The minimum absolute atomic E-state index is 0.0946. The number of rotatable bonds is 6. The second kappa shape index (κ2) is 9.20. The molecule has 1 saturated carbocycles. The average molecular weight is 447 g/mol. The number of aromatic nitrogens is 3. The van der Waals surface area contributed by atoms with Crippen molar-refractivity contribution in [2.24, 2.45) is 5.92 Å². The number of hydrogen-bond donors (Lipinski definition) is 3. The van der Waals surface area contributed by atoms with Crippen LogP contribution in [-0.2, 0) is 0 Å². The number of fused-ring (bicyclic) bond motifs is 1. The summed E-state index contributed by atoms with van der Waals surface area (Å²) in [4.78, 5) is 22.0. The molecule has 1 aliphatic rings. The smallest absolute Gasteiger partial charge is 0.255 e. The molecule has 3 aromatic rings. The molecular weight excluding hydrogens is 416 g/mol. The van der Waals surface area contributed by atoms with Crippen molar-refractivity contribution in [2.45, 2.75) is 58.1 Å². The number of carbonyl (C=O) groups is 1. The van der Waals surface area contributed by atoms with E-state index < -0.39 is 5.60 Å². The molecule has 0 saturated heterocycles. The van der Waals surface area contributed by atoms with Crippen molar-refractivity contribution in [3.8, 4) is 11.9 Å². The third-order valence-corrected chi connectivity index (χ3v) is 6.47. The van der Waals surface area contributed by atoms with Crippen LogP contribution in [0.4, 0.5) is 5.69 Å². The Kier molecular flexibility index (Phi) is 6.34. The second-order valence-electron chi connectivity index (χ2n) is 9.23. The van der Waals surface area contributed by atoms with Gasteiger partial charge in [-0.3, -0.25) is 9.36 Å². The highest BCUT2D eigenvalue weighted by Crippen LogP contribution is 2.32. The van der Waals surface area contributed by atoms with E-state index in [1.54, 1.807) is 18.5 Å². The van der Waals surface area contributed by atoms with Crippen LogP contribution < -0.4 is 10.6 Å². The van der Waals surface area contributed by atoms with Gasteiger partial charge in [-0.2, -0.15) is 5.26 Å². The van der Waals surface area contributed by atoms with Gasteiger partial charge in [0, 0.05) is 42.6 Å². The van der Waals surface area contributed by atoms with Crippen LogP contribution in [0.3, 0.4) is 0 Å². The van der Waals surface area contributed by atoms with Crippen molar-refractivity contribution in [1.82, 2.24) is 19.9 Å². The van der Waals surface area contributed by atoms with Gasteiger partial charge in [0.1, 0.15) is 17.5 Å². The molecule has 0 aliphatic heterocycles. The molecule has 0 unspecified atom stereocenters. The first kappa shape index (κ1) is 22.7. The summed E-state index contributed by atoms with van der Waals surface area (Å²) in [5.41, 5.74) is 1.73. The van der Waals surface area contributed by atoms with E-state index in [0.29, 0.717) is 34.8 Å². The Morgan fingerprint density at radius 2 is 2.00 bits per heavy atom. The third kappa shape index (κ3) is 4.83. The summed E-state index contributed by atoms with van der Waals surface area (Å²) in [6.07, 6.45) is 8.50. The van der Waals surface area contributed by atoms with Crippen molar-refractivity contribution in [2.75, 3.05) is 11.9 Å². The van der Waals surface area contributed by atoms with Crippen LogP contribution in [0.1, 0.15) is 62.4 Å². The lowest BCUT2D eigenvalue weighted by Gasteiger charge is -2.36. The maximum Gasteiger partial charge on any atom is 0.255 e. The van der Waals surface area contributed by atoms with E-state index in [-0.39, 0.29) is 17.9 Å². The summed E-state index contributed by atoms with van der Waals surface area (Å²) in [5, 5.41) is 26.6. The lowest BCUT2D eigenvalue weighted by atomic mass is 9.77. The number of pyridine rings is 2. The zero-order valence-corrected chi connectivity index (χ0v) is 19.3. The van der Waals surface area contributed by atoms with Gasteiger partial charge >= 0.3 is 0 Å². The molecular formula is C25H30N6O2. The standard InChI is InChI=1S/C25H30N6O2/c1-4-27-21-12-22(31-10-9-17-11-16(13-26)14-29-23(17)31)28-15-20(21)24(32)30-19-7-5-18(6-8-19)25(2,3)33/h9-12,14-15,18-19,33H,4-8H2,1-3H3,(H,27,28)(H,30,32). The molecule has 0 radical (unpaired) electrons. The fraction of sp³-hybridized carbons (Fsp3) is 0.440.